The Labute approximate surface area is 153 Å². The zero-order valence-corrected chi connectivity index (χ0v) is 16.3. The monoisotopic (exact) mass is 354 g/mol. The molecule has 4 heteroatoms. The fourth-order valence-corrected chi connectivity index (χ4v) is 4.75. The van der Waals surface area contributed by atoms with Gasteiger partial charge in [-0.25, -0.2) is 0 Å². The Bertz CT molecular complexity index is 396. The Kier molecular flexibility index (Phi) is 6.81. The molecule has 146 valence electrons. The average Bonchev–Trinajstić information content (AvgIpc) is 3.23. The molecular formula is C21H38O4. The fraction of sp³-hybridized carbons (Fsp3) is 1.00. The third-order valence-electron chi connectivity index (χ3n) is 6.37. The summed E-state index contributed by atoms with van der Waals surface area (Å²) in [5.74, 6) is 0.699. The number of hydrogen-bond donors (Lipinski definition) is 1. The molecule has 5 atom stereocenters. The highest BCUT2D eigenvalue weighted by Crippen LogP contribution is 2.49. The van der Waals surface area contributed by atoms with Crippen LogP contribution in [0.4, 0.5) is 0 Å². The van der Waals surface area contributed by atoms with Gasteiger partial charge in [0.2, 0.25) is 0 Å². The lowest BCUT2D eigenvalue weighted by molar-refractivity contribution is -0.0622. The smallest absolute Gasteiger partial charge is 0.0923 e. The number of fused-ring (bicyclic) bond motifs is 1. The summed E-state index contributed by atoms with van der Waals surface area (Å²) in [6, 6.07) is 0. The second kappa shape index (κ2) is 8.69. The van der Waals surface area contributed by atoms with Gasteiger partial charge in [-0.2, -0.15) is 0 Å². The van der Waals surface area contributed by atoms with Gasteiger partial charge in [0.1, 0.15) is 0 Å². The van der Waals surface area contributed by atoms with Gasteiger partial charge in [0.15, 0.2) is 0 Å². The van der Waals surface area contributed by atoms with Gasteiger partial charge in [-0.1, -0.05) is 12.8 Å². The Morgan fingerprint density at radius 1 is 1.00 bits per heavy atom. The van der Waals surface area contributed by atoms with Crippen LogP contribution < -0.4 is 0 Å². The summed E-state index contributed by atoms with van der Waals surface area (Å²) in [5, 5.41) is 10.1. The molecule has 3 rings (SSSR count). The zero-order valence-electron chi connectivity index (χ0n) is 16.3. The maximum atomic E-state index is 10.1. The van der Waals surface area contributed by atoms with Crippen LogP contribution in [-0.4, -0.2) is 48.3 Å². The zero-order chi connectivity index (χ0) is 17.8. The van der Waals surface area contributed by atoms with Crippen LogP contribution in [0.2, 0.25) is 0 Å². The van der Waals surface area contributed by atoms with Crippen LogP contribution >= 0.6 is 0 Å². The van der Waals surface area contributed by atoms with E-state index >= 15 is 0 Å². The summed E-state index contributed by atoms with van der Waals surface area (Å²) in [5.41, 5.74) is -0.319. The summed E-state index contributed by atoms with van der Waals surface area (Å²) in [6.07, 6.45) is 13.1. The van der Waals surface area contributed by atoms with Crippen molar-refractivity contribution in [1.29, 1.82) is 0 Å². The normalized spacial score (nSPS) is 40.7. The number of epoxide rings is 1. The molecule has 0 radical (unpaired) electrons. The van der Waals surface area contributed by atoms with E-state index in [0.717, 1.165) is 58.3 Å². The van der Waals surface area contributed by atoms with Gasteiger partial charge in [-0.15, -0.1) is 0 Å². The molecule has 3 fully saturated rings. The van der Waals surface area contributed by atoms with E-state index in [-0.39, 0.29) is 11.7 Å². The van der Waals surface area contributed by atoms with Gasteiger partial charge in [-0.05, 0) is 71.1 Å². The summed E-state index contributed by atoms with van der Waals surface area (Å²) >= 11 is 0. The molecule has 1 N–H and O–H groups in total. The minimum absolute atomic E-state index is 0.193. The highest BCUT2D eigenvalue weighted by Gasteiger charge is 2.55. The molecule has 1 heterocycles. The maximum absolute atomic E-state index is 10.1. The third kappa shape index (κ3) is 6.20. The van der Waals surface area contributed by atoms with E-state index in [0.29, 0.717) is 12.0 Å². The first-order valence-electron chi connectivity index (χ1n) is 10.6. The van der Waals surface area contributed by atoms with E-state index in [2.05, 4.69) is 6.92 Å². The van der Waals surface area contributed by atoms with Crippen molar-refractivity contribution in [2.45, 2.75) is 108 Å². The second-order valence-electron chi connectivity index (χ2n) is 9.14. The molecule has 3 aliphatic rings. The predicted octanol–water partition coefficient (Wildman–Crippen LogP) is 4.23. The van der Waals surface area contributed by atoms with Crippen molar-refractivity contribution in [3.05, 3.63) is 0 Å². The lowest BCUT2D eigenvalue weighted by atomic mass is 9.83. The van der Waals surface area contributed by atoms with E-state index < -0.39 is 5.60 Å². The standard InChI is InChI=1S/C21H38O4/c1-20(22)11-7-8-18(15-20)24-13-6-4-3-5-12-23-16-17-9-10-19-21(2,14-17)25-19/h17-19,22H,3-16H2,1-2H3. The number of ether oxygens (including phenoxy) is 3. The molecule has 0 amide bonds. The first-order valence-corrected chi connectivity index (χ1v) is 10.6. The molecule has 25 heavy (non-hydrogen) atoms. The van der Waals surface area contributed by atoms with Crippen LogP contribution in [0.1, 0.15) is 84.5 Å². The van der Waals surface area contributed by atoms with Gasteiger partial charge in [0, 0.05) is 26.2 Å². The van der Waals surface area contributed by atoms with Crippen LogP contribution in [-0.2, 0) is 14.2 Å². The van der Waals surface area contributed by atoms with Crippen molar-refractivity contribution in [3.8, 4) is 0 Å². The van der Waals surface area contributed by atoms with E-state index in [1.165, 1.54) is 32.1 Å². The van der Waals surface area contributed by atoms with Crippen molar-refractivity contribution < 1.29 is 19.3 Å². The maximum Gasteiger partial charge on any atom is 0.0923 e. The highest BCUT2D eigenvalue weighted by atomic mass is 16.6. The quantitative estimate of drug-likeness (QED) is 0.471. The minimum Gasteiger partial charge on any atom is -0.390 e. The molecule has 2 saturated carbocycles. The Balaban J connectivity index is 1.11. The van der Waals surface area contributed by atoms with Gasteiger partial charge >= 0.3 is 0 Å². The topological polar surface area (TPSA) is 51.2 Å². The molecule has 5 unspecified atom stereocenters. The summed E-state index contributed by atoms with van der Waals surface area (Å²) in [4.78, 5) is 0. The highest BCUT2D eigenvalue weighted by molar-refractivity contribution is 5.03. The Hall–Kier alpha value is -0.160. The predicted molar refractivity (Wildman–Crippen MR) is 98.7 cm³/mol. The summed E-state index contributed by atoms with van der Waals surface area (Å²) < 4.78 is 17.6. The molecule has 0 aromatic rings. The van der Waals surface area contributed by atoms with Crippen LogP contribution in [0.5, 0.6) is 0 Å². The fourth-order valence-electron chi connectivity index (χ4n) is 4.75. The van der Waals surface area contributed by atoms with E-state index in [4.69, 9.17) is 14.2 Å². The molecule has 0 bridgehead atoms. The first kappa shape index (κ1) is 19.6. The van der Waals surface area contributed by atoms with Crippen molar-refractivity contribution in [2.24, 2.45) is 5.92 Å². The number of rotatable bonds is 10. The Morgan fingerprint density at radius 3 is 2.56 bits per heavy atom. The summed E-state index contributed by atoms with van der Waals surface area (Å²) in [7, 11) is 0. The van der Waals surface area contributed by atoms with Crippen molar-refractivity contribution >= 4 is 0 Å². The van der Waals surface area contributed by atoms with Gasteiger partial charge in [-0.3, -0.25) is 0 Å². The van der Waals surface area contributed by atoms with E-state index in [9.17, 15) is 5.11 Å². The number of aliphatic hydroxyl groups is 1. The molecule has 0 aromatic carbocycles. The van der Waals surface area contributed by atoms with E-state index in [1.807, 2.05) is 6.92 Å². The molecular weight excluding hydrogens is 316 g/mol. The van der Waals surface area contributed by atoms with Crippen LogP contribution in [0, 0.1) is 5.92 Å². The van der Waals surface area contributed by atoms with Crippen molar-refractivity contribution in [3.63, 3.8) is 0 Å². The average molecular weight is 355 g/mol. The molecule has 0 aromatic heterocycles. The van der Waals surface area contributed by atoms with Gasteiger partial charge in [0.25, 0.3) is 0 Å². The van der Waals surface area contributed by atoms with Crippen molar-refractivity contribution in [1.82, 2.24) is 0 Å². The molecule has 4 nitrogen and oxygen atoms in total. The second-order valence-corrected chi connectivity index (χ2v) is 9.14. The van der Waals surface area contributed by atoms with Gasteiger partial charge in [0.05, 0.1) is 23.4 Å². The van der Waals surface area contributed by atoms with Crippen molar-refractivity contribution in [2.75, 3.05) is 19.8 Å². The van der Waals surface area contributed by atoms with Crippen LogP contribution in [0.3, 0.4) is 0 Å². The molecule has 2 aliphatic carbocycles. The summed E-state index contributed by atoms with van der Waals surface area (Å²) in [6.45, 7) is 6.83. The third-order valence-corrected chi connectivity index (χ3v) is 6.37. The Morgan fingerprint density at radius 2 is 1.80 bits per heavy atom. The number of unbranched alkanes of at least 4 members (excludes halogenated alkanes) is 3. The molecule has 0 spiro atoms. The first-order chi connectivity index (χ1) is 12.0. The number of hydrogen-bond acceptors (Lipinski definition) is 4. The lowest BCUT2D eigenvalue weighted by Crippen LogP contribution is -2.35. The minimum atomic E-state index is -0.511. The van der Waals surface area contributed by atoms with Gasteiger partial charge < -0.3 is 19.3 Å². The molecule has 1 saturated heterocycles. The SMILES string of the molecule is CC1(O)CCCC(OCCCCCCOCC2CCC3OC3(C)C2)C1. The lowest BCUT2D eigenvalue weighted by Gasteiger charge is -2.33. The van der Waals surface area contributed by atoms with Crippen LogP contribution in [0.25, 0.3) is 0 Å². The largest absolute Gasteiger partial charge is 0.390 e. The van der Waals surface area contributed by atoms with Crippen LogP contribution in [0.15, 0.2) is 0 Å². The van der Waals surface area contributed by atoms with E-state index in [1.54, 1.807) is 0 Å². The molecule has 1 aliphatic heterocycles.